The van der Waals surface area contributed by atoms with Crippen LogP contribution in [0.4, 0.5) is 0 Å². The molecule has 0 aromatic heterocycles. The van der Waals surface area contributed by atoms with E-state index in [-0.39, 0.29) is 12.0 Å². The molecule has 0 aliphatic carbocycles. The van der Waals surface area contributed by atoms with Gasteiger partial charge in [-0.15, -0.1) is 0 Å². The molecule has 0 saturated heterocycles. The first kappa shape index (κ1) is 18.4. The third-order valence-corrected chi connectivity index (χ3v) is 3.14. The molecule has 0 aromatic rings. The average molecular weight is 271 g/mol. The Morgan fingerprint density at radius 3 is 1.63 bits per heavy atom. The summed E-state index contributed by atoms with van der Waals surface area (Å²) < 4.78 is 4.92. The van der Waals surface area contributed by atoms with Crippen molar-refractivity contribution in [3.8, 4) is 0 Å². The summed E-state index contributed by atoms with van der Waals surface area (Å²) in [5, 5.41) is 3.52. The minimum absolute atomic E-state index is 0.133. The standard InChI is InChI=1S/C16H33NO2/c1-11(2)8-14(9-12(3)4)17-15(10-13(5)6)16(18)19-7/h11-15,17H,8-10H2,1-7H3. The molecule has 0 spiro atoms. The Kier molecular flexibility index (Phi) is 9.07. The number of carbonyl (C=O) groups is 1. The van der Waals surface area contributed by atoms with Gasteiger partial charge in [0.15, 0.2) is 0 Å². The molecule has 0 aliphatic rings. The largest absolute Gasteiger partial charge is 0.468 e. The van der Waals surface area contributed by atoms with Crippen LogP contribution in [0.25, 0.3) is 0 Å². The van der Waals surface area contributed by atoms with Crippen molar-refractivity contribution in [2.45, 2.75) is 72.9 Å². The van der Waals surface area contributed by atoms with Crippen LogP contribution in [0.5, 0.6) is 0 Å². The second kappa shape index (κ2) is 9.35. The van der Waals surface area contributed by atoms with Gasteiger partial charge in [-0.1, -0.05) is 41.5 Å². The van der Waals surface area contributed by atoms with Gasteiger partial charge >= 0.3 is 5.97 Å². The number of methoxy groups -OCH3 is 1. The van der Waals surface area contributed by atoms with E-state index in [1.54, 1.807) is 0 Å². The zero-order valence-electron chi connectivity index (χ0n) is 13.8. The van der Waals surface area contributed by atoms with Crippen molar-refractivity contribution >= 4 is 5.97 Å². The third kappa shape index (κ3) is 9.04. The van der Waals surface area contributed by atoms with Crippen LogP contribution >= 0.6 is 0 Å². The summed E-state index contributed by atoms with van der Waals surface area (Å²) >= 11 is 0. The first-order chi connectivity index (χ1) is 8.76. The zero-order valence-corrected chi connectivity index (χ0v) is 13.8. The first-order valence-corrected chi connectivity index (χ1v) is 7.60. The second-order valence-electron chi connectivity index (χ2n) is 6.83. The number of nitrogens with one attached hydrogen (secondary N) is 1. The van der Waals surface area contributed by atoms with E-state index in [1.807, 2.05) is 0 Å². The number of rotatable bonds is 9. The molecule has 1 atom stereocenters. The van der Waals surface area contributed by atoms with Crippen LogP contribution in [0.1, 0.15) is 60.8 Å². The number of esters is 1. The number of hydrogen-bond donors (Lipinski definition) is 1. The van der Waals surface area contributed by atoms with Crippen LogP contribution < -0.4 is 5.32 Å². The predicted octanol–water partition coefficient (Wildman–Crippen LogP) is 3.62. The fourth-order valence-corrected chi connectivity index (χ4v) is 2.50. The lowest BCUT2D eigenvalue weighted by Gasteiger charge is -2.27. The van der Waals surface area contributed by atoms with E-state index in [4.69, 9.17) is 4.74 Å². The van der Waals surface area contributed by atoms with Gasteiger partial charge in [-0.2, -0.15) is 0 Å². The molecule has 0 aliphatic heterocycles. The molecule has 3 heteroatoms. The van der Waals surface area contributed by atoms with Gasteiger partial charge < -0.3 is 10.1 Å². The van der Waals surface area contributed by atoms with E-state index in [9.17, 15) is 4.79 Å². The van der Waals surface area contributed by atoms with Crippen LogP contribution in [-0.4, -0.2) is 25.2 Å². The summed E-state index contributed by atoms with van der Waals surface area (Å²) in [5.74, 6) is 1.61. The van der Waals surface area contributed by atoms with Crippen molar-refractivity contribution in [3.63, 3.8) is 0 Å². The number of carbonyl (C=O) groups excluding carboxylic acids is 1. The molecular weight excluding hydrogens is 238 g/mol. The van der Waals surface area contributed by atoms with Crippen molar-refractivity contribution < 1.29 is 9.53 Å². The quantitative estimate of drug-likeness (QED) is 0.651. The molecule has 3 nitrogen and oxygen atoms in total. The van der Waals surface area contributed by atoms with E-state index in [1.165, 1.54) is 7.11 Å². The molecule has 19 heavy (non-hydrogen) atoms. The minimum atomic E-state index is -0.174. The topological polar surface area (TPSA) is 38.3 Å². The summed E-state index contributed by atoms with van der Waals surface area (Å²) in [5.41, 5.74) is 0. The maximum atomic E-state index is 11.9. The van der Waals surface area contributed by atoms with E-state index in [2.05, 4.69) is 46.9 Å². The van der Waals surface area contributed by atoms with Crippen molar-refractivity contribution in [2.75, 3.05) is 7.11 Å². The van der Waals surface area contributed by atoms with E-state index in [0.717, 1.165) is 19.3 Å². The highest BCUT2D eigenvalue weighted by atomic mass is 16.5. The van der Waals surface area contributed by atoms with Gasteiger partial charge in [-0.3, -0.25) is 4.79 Å². The zero-order chi connectivity index (χ0) is 15.0. The number of hydrogen-bond acceptors (Lipinski definition) is 3. The van der Waals surface area contributed by atoms with Gasteiger partial charge in [0.05, 0.1) is 7.11 Å². The first-order valence-electron chi connectivity index (χ1n) is 7.60. The number of ether oxygens (including phenoxy) is 1. The smallest absolute Gasteiger partial charge is 0.322 e. The molecule has 1 unspecified atom stereocenters. The SMILES string of the molecule is COC(=O)C(CC(C)C)NC(CC(C)C)CC(C)C. The van der Waals surface area contributed by atoms with Crippen LogP contribution in [-0.2, 0) is 9.53 Å². The fraction of sp³-hybridized carbons (Fsp3) is 0.938. The highest BCUT2D eigenvalue weighted by Gasteiger charge is 2.24. The molecule has 0 bridgehead atoms. The highest BCUT2D eigenvalue weighted by Crippen LogP contribution is 2.16. The highest BCUT2D eigenvalue weighted by molar-refractivity contribution is 5.75. The van der Waals surface area contributed by atoms with Crippen molar-refractivity contribution in [1.82, 2.24) is 5.32 Å². The van der Waals surface area contributed by atoms with E-state index >= 15 is 0 Å². The Labute approximate surface area is 119 Å². The Balaban J connectivity index is 4.65. The minimum Gasteiger partial charge on any atom is -0.468 e. The van der Waals surface area contributed by atoms with Crippen LogP contribution in [0.2, 0.25) is 0 Å². The van der Waals surface area contributed by atoms with E-state index in [0.29, 0.717) is 23.8 Å². The van der Waals surface area contributed by atoms with Crippen molar-refractivity contribution in [3.05, 3.63) is 0 Å². The van der Waals surface area contributed by atoms with Crippen molar-refractivity contribution in [1.29, 1.82) is 0 Å². The normalized spacial score (nSPS) is 13.6. The summed E-state index contributed by atoms with van der Waals surface area (Å²) in [6, 6.07) is 0.218. The summed E-state index contributed by atoms with van der Waals surface area (Å²) in [6.45, 7) is 13.2. The average Bonchev–Trinajstić information content (AvgIpc) is 2.24. The van der Waals surface area contributed by atoms with Gasteiger partial charge in [-0.25, -0.2) is 0 Å². The second-order valence-corrected chi connectivity index (χ2v) is 6.83. The van der Waals surface area contributed by atoms with Gasteiger partial charge in [0.1, 0.15) is 6.04 Å². The molecular formula is C16H33NO2. The monoisotopic (exact) mass is 271 g/mol. The summed E-state index contributed by atoms with van der Waals surface area (Å²) in [7, 11) is 1.47. The van der Waals surface area contributed by atoms with Crippen LogP contribution in [0.3, 0.4) is 0 Å². The van der Waals surface area contributed by atoms with Gasteiger partial charge in [0.2, 0.25) is 0 Å². The summed E-state index contributed by atoms with van der Waals surface area (Å²) in [6.07, 6.45) is 3.03. The Hall–Kier alpha value is -0.570. The molecule has 114 valence electrons. The Bertz CT molecular complexity index is 239. The molecule has 0 radical (unpaired) electrons. The third-order valence-electron chi connectivity index (χ3n) is 3.14. The Morgan fingerprint density at radius 1 is 0.895 bits per heavy atom. The lowest BCUT2D eigenvalue weighted by atomic mass is 9.93. The maximum Gasteiger partial charge on any atom is 0.322 e. The molecule has 0 heterocycles. The van der Waals surface area contributed by atoms with Crippen LogP contribution in [0, 0.1) is 17.8 Å². The maximum absolute atomic E-state index is 11.9. The van der Waals surface area contributed by atoms with Crippen LogP contribution in [0.15, 0.2) is 0 Å². The Morgan fingerprint density at radius 2 is 1.32 bits per heavy atom. The van der Waals surface area contributed by atoms with Gasteiger partial charge in [-0.05, 0) is 37.0 Å². The van der Waals surface area contributed by atoms with Gasteiger partial charge in [0.25, 0.3) is 0 Å². The molecule has 0 rings (SSSR count). The molecule has 0 aromatic carbocycles. The predicted molar refractivity (Wildman–Crippen MR) is 81.1 cm³/mol. The lowest BCUT2D eigenvalue weighted by Crippen LogP contribution is -2.45. The summed E-state index contributed by atoms with van der Waals surface area (Å²) in [4.78, 5) is 11.9. The van der Waals surface area contributed by atoms with Gasteiger partial charge in [0, 0.05) is 6.04 Å². The molecule has 1 N–H and O–H groups in total. The molecule has 0 amide bonds. The fourth-order valence-electron chi connectivity index (χ4n) is 2.50. The lowest BCUT2D eigenvalue weighted by molar-refractivity contribution is -0.143. The molecule has 0 fully saturated rings. The van der Waals surface area contributed by atoms with Crippen molar-refractivity contribution in [2.24, 2.45) is 17.8 Å². The van der Waals surface area contributed by atoms with E-state index < -0.39 is 0 Å². The molecule has 0 saturated carbocycles.